The molecule has 1 atom stereocenters. The van der Waals surface area contributed by atoms with Gasteiger partial charge in [0.1, 0.15) is 0 Å². The first-order chi connectivity index (χ1) is 13.1. The van der Waals surface area contributed by atoms with E-state index in [1.807, 2.05) is 18.2 Å². The molecule has 3 rings (SSSR count). The first-order valence-electron chi connectivity index (χ1n) is 10.0. The molecule has 0 bridgehead atoms. The maximum atomic E-state index is 12.2. The van der Waals surface area contributed by atoms with E-state index < -0.39 is 0 Å². The van der Waals surface area contributed by atoms with Gasteiger partial charge >= 0.3 is 6.03 Å². The number of nitrogens with one attached hydrogen (secondary N) is 2. The van der Waals surface area contributed by atoms with Crippen LogP contribution < -0.4 is 10.6 Å². The van der Waals surface area contributed by atoms with Gasteiger partial charge in [0, 0.05) is 57.1 Å². The number of amides is 3. The molecule has 1 aliphatic carbocycles. The fourth-order valence-corrected chi connectivity index (χ4v) is 3.99. The smallest absolute Gasteiger partial charge is 0.315 e. The number of hydrogen-bond acceptors (Lipinski definition) is 4. The molecule has 2 heterocycles. The highest BCUT2D eigenvalue weighted by molar-refractivity contribution is 5.83. The molecule has 1 saturated heterocycles. The van der Waals surface area contributed by atoms with E-state index in [0.29, 0.717) is 19.0 Å². The lowest BCUT2D eigenvalue weighted by molar-refractivity contribution is -0.128. The molecule has 1 saturated carbocycles. The van der Waals surface area contributed by atoms with Crippen molar-refractivity contribution in [3.05, 3.63) is 30.1 Å². The summed E-state index contributed by atoms with van der Waals surface area (Å²) in [5, 5.41) is 5.71. The molecule has 0 spiro atoms. The highest BCUT2D eigenvalue weighted by atomic mass is 16.2. The maximum Gasteiger partial charge on any atom is 0.315 e. The molecule has 27 heavy (non-hydrogen) atoms. The number of rotatable bonds is 7. The standard InChI is InChI=1S/C20H31N5O2/c1-24(12-9-16-6-4-5-11-21-16)19(26)14-22-20(27)23-17-10-13-25(15-17)18-7-2-3-8-18/h4-6,11,17-18H,2-3,7-10,12-15H2,1H3,(H2,22,23,27). The molecule has 0 radical (unpaired) electrons. The van der Waals surface area contributed by atoms with Gasteiger partial charge in [0.25, 0.3) is 0 Å². The van der Waals surface area contributed by atoms with Crippen LogP contribution in [0.5, 0.6) is 0 Å². The maximum absolute atomic E-state index is 12.2. The fraction of sp³-hybridized carbons (Fsp3) is 0.650. The van der Waals surface area contributed by atoms with Gasteiger partial charge < -0.3 is 15.5 Å². The lowest BCUT2D eigenvalue weighted by Crippen LogP contribution is -2.47. The number of urea groups is 1. The minimum absolute atomic E-state index is 0.0175. The summed E-state index contributed by atoms with van der Waals surface area (Å²) >= 11 is 0. The molecule has 7 nitrogen and oxygen atoms in total. The first kappa shape index (κ1) is 19.6. The third-order valence-corrected chi connectivity index (χ3v) is 5.65. The Morgan fingerprint density at radius 2 is 2.07 bits per heavy atom. The van der Waals surface area contributed by atoms with Gasteiger partial charge in [0.15, 0.2) is 0 Å². The van der Waals surface area contributed by atoms with Crippen molar-refractivity contribution in [2.75, 3.05) is 33.2 Å². The van der Waals surface area contributed by atoms with E-state index in [1.165, 1.54) is 25.7 Å². The zero-order valence-electron chi connectivity index (χ0n) is 16.2. The van der Waals surface area contributed by atoms with Crippen LogP contribution >= 0.6 is 0 Å². The Hall–Kier alpha value is -2.15. The lowest BCUT2D eigenvalue weighted by Gasteiger charge is -2.23. The van der Waals surface area contributed by atoms with Crippen LogP contribution in [0.3, 0.4) is 0 Å². The quantitative estimate of drug-likeness (QED) is 0.757. The molecule has 148 valence electrons. The molecule has 2 fully saturated rings. The van der Waals surface area contributed by atoms with E-state index in [9.17, 15) is 9.59 Å². The molecule has 1 aliphatic heterocycles. The fourth-order valence-electron chi connectivity index (χ4n) is 3.99. The van der Waals surface area contributed by atoms with E-state index in [-0.39, 0.29) is 24.5 Å². The van der Waals surface area contributed by atoms with Crippen LogP contribution in [-0.4, -0.2) is 72.0 Å². The van der Waals surface area contributed by atoms with Crippen molar-refractivity contribution in [3.8, 4) is 0 Å². The molecular formula is C20H31N5O2. The van der Waals surface area contributed by atoms with Crippen LogP contribution in [0.4, 0.5) is 4.79 Å². The predicted octanol–water partition coefficient (Wildman–Crippen LogP) is 1.40. The Morgan fingerprint density at radius 1 is 1.26 bits per heavy atom. The summed E-state index contributed by atoms with van der Waals surface area (Å²) < 4.78 is 0. The van der Waals surface area contributed by atoms with Gasteiger partial charge in [-0.3, -0.25) is 14.7 Å². The van der Waals surface area contributed by atoms with Crippen LogP contribution in [0.1, 0.15) is 37.8 Å². The number of carbonyl (C=O) groups is 2. The molecule has 2 aliphatic rings. The van der Waals surface area contributed by atoms with E-state index in [0.717, 1.165) is 25.2 Å². The van der Waals surface area contributed by atoms with Crippen molar-refractivity contribution in [1.82, 2.24) is 25.4 Å². The Morgan fingerprint density at radius 3 is 2.81 bits per heavy atom. The van der Waals surface area contributed by atoms with E-state index in [4.69, 9.17) is 0 Å². The minimum atomic E-state index is -0.250. The number of aromatic nitrogens is 1. The van der Waals surface area contributed by atoms with Crippen LogP contribution in [0, 0.1) is 0 Å². The highest BCUT2D eigenvalue weighted by Gasteiger charge is 2.30. The highest BCUT2D eigenvalue weighted by Crippen LogP contribution is 2.26. The summed E-state index contributed by atoms with van der Waals surface area (Å²) in [7, 11) is 1.75. The van der Waals surface area contributed by atoms with Crippen LogP contribution in [0.2, 0.25) is 0 Å². The summed E-state index contributed by atoms with van der Waals surface area (Å²) in [6, 6.07) is 6.39. The SMILES string of the molecule is CN(CCc1ccccn1)C(=O)CNC(=O)NC1CCN(C2CCCC2)C1. The number of nitrogens with zero attached hydrogens (tertiary/aromatic N) is 3. The van der Waals surface area contributed by atoms with Crippen molar-refractivity contribution >= 4 is 11.9 Å². The van der Waals surface area contributed by atoms with Crippen molar-refractivity contribution in [2.24, 2.45) is 0 Å². The second-order valence-corrected chi connectivity index (χ2v) is 7.63. The van der Waals surface area contributed by atoms with Crippen LogP contribution in [0.25, 0.3) is 0 Å². The first-order valence-corrected chi connectivity index (χ1v) is 10.0. The zero-order chi connectivity index (χ0) is 19.1. The molecule has 0 aromatic carbocycles. The van der Waals surface area contributed by atoms with Crippen molar-refractivity contribution in [3.63, 3.8) is 0 Å². The number of pyridine rings is 1. The Bertz CT molecular complexity index is 618. The van der Waals surface area contributed by atoms with Crippen molar-refractivity contribution < 1.29 is 9.59 Å². The Labute approximate surface area is 161 Å². The lowest BCUT2D eigenvalue weighted by atomic mass is 10.2. The zero-order valence-corrected chi connectivity index (χ0v) is 16.2. The summed E-state index contributed by atoms with van der Waals surface area (Å²) in [5.41, 5.74) is 0.955. The second kappa shape index (κ2) is 9.69. The molecule has 3 amide bonds. The summed E-state index contributed by atoms with van der Waals surface area (Å²) in [5.74, 6) is -0.0971. The average molecular weight is 374 g/mol. The molecule has 1 aromatic rings. The largest absolute Gasteiger partial charge is 0.344 e. The second-order valence-electron chi connectivity index (χ2n) is 7.63. The van der Waals surface area contributed by atoms with Gasteiger partial charge in [0.05, 0.1) is 6.54 Å². The minimum Gasteiger partial charge on any atom is -0.344 e. The van der Waals surface area contributed by atoms with Crippen LogP contribution in [0.15, 0.2) is 24.4 Å². The number of hydrogen-bond donors (Lipinski definition) is 2. The Kier molecular flexibility index (Phi) is 7.04. The predicted molar refractivity (Wildman–Crippen MR) is 104 cm³/mol. The Balaban J connectivity index is 1.32. The van der Waals surface area contributed by atoms with Gasteiger partial charge in [-0.15, -0.1) is 0 Å². The summed E-state index contributed by atoms with van der Waals surface area (Å²) in [6.45, 7) is 2.59. The van der Waals surface area contributed by atoms with Gasteiger partial charge in [-0.05, 0) is 31.4 Å². The molecule has 1 aromatic heterocycles. The van der Waals surface area contributed by atoms with Gasteiger partial charge in [-0.25, -0.2) is 4.79 Å². The third kappa shape index (κ3) is 5.92. The number of likely N-dealkylation sites (tertiary alicyclic amines) is 1. The monoisotopic (exact) mass is 373 g/mol. The van der Waals surface area contributed by atoms with Gasteiger partial charge in [-0.1, -0.05) is 18.9 Å². The normalized spacial score (nSPS) is 20.6. The van der Waals surface area contributed by atoms with Crippen molar-refractivity contribution in [1.29, 1.82) is 0 Å². The molecule has 2 N–H and O–H groups in total. The summed E-state index contributed by atoms with van der Waals surface area (Å²) in [4.78, 5) is 32.7. The topological polar surface area (TPSA) is 77.6 Å². The number of carbonyl (C=O) groups excluding carboxylic acids is 2. The van der Waals surface area contributed by atoms with E-state index in [1.54, 1.807) is 18.1 Å². The molecule has 7 heteroatoms. The summed E-state index contributed by atoms with van der Waals surface area (Å²) in [6.07, 6.45) is 8.68. The third-order valence-electron chi connectivity index (χ3n) is 5.65. The number of likely N-dealkylation sites (N-methyl/N-ethyl adjacent to an activating group) is 1. The molecular weight excluding hydrogens is 342 g/mol. The van der Waals surface area contributed by atoms with Gasteiger partial charge in [0.2, 0.25) is 5.91 Å². The van der Waals surface area contributed by atoms with E-state index in [2.05, 4.69) is 20.5 Å². The van der Waals surface area contributed by atoms with E-state index >= 15 is 0 Å². The molecule has 1 unspecified atom stereocenters. The van der Waals surface area contributed by atoms with Crippen molar-refractivity contribution in [2.45, 2.75) is 50.6 Å². The van der Waals surface area contributed by atoms with Gasteiger partial charge in [-0.2, -0.15) is 0 Å². The van der Waals surface area contributed by atoms with Crippen LogP contribution in [-0.2, 0) is 11.2 Å². The average Bonchev–Trinajstić information content (AvgIpc) is 3.36.